The van der Waals surface area contributed by atoms with Crippen LogP contribution in [-0.2, 0) is 22.4 Å². The summed E-state index contributed by atoms with van der Waals surface area (Å²) < 4.78 is 82.9. The number of hydrogen-bond acceptors (Lipinski definition) is 7. The lowest BCUT2D eigenvalue weighted by Gasteiger charge is -2.31. The Hall–Kier alpha value is -5.21. The van der Waals surface area contributed by atoms with Gasteiger partial charge in [0.25, 0.3) is 0 Å². The van der Waals surface area contributed by atoms with Crippen molar-refractivity contribution in [2.75, 3.05) is 42.4 Å². The van der Waals surface area contributed by atoms with Gasteiger partial charge in [0.15, 0.2) is 23.1 Å². The van der Waals surface area contributed by atoms with E-state index in [2.05, 4.69) is 15.2 Å². The van der Waals surface area contributed by atoms with E-state index in [0.29, 0.717) is 30.8 Å². The number of nitrogens with zero attached hydrogens (tertiary/aromatic N) is 5. The number of aromatic amines is 1. The van der Waals surface area contributed by atoms with E-state index in [0.717, 1.165) is 18.2 Å². The first-order valence-electron chi connectivity index (χ1n) is 14.0. The molecule has 10 nitrogen and oxygen atoms in total. The molecule has 0 bridgehead atoms. The fourth-order valence-corrected chi connectivity index (χ4v) is 4.90. The van der Waals surface area contributed by atoms with Gasteiger partial charge in [-0.3, -0.25) is 9.59 Å². The number of H-pyrrole nitrogens is 1. The van der Waals surface area contributed by atoms with Gasteiger partial charge in [0.05, 0.1) is 30.6 Å². The van der Waals surface area contributed by atoms with E-state index in [1.165, 1.54) is 72.6 Å². The van der Waals surface area contributed by atoms with Crippen LogP contribution in [0.5, 0.6) is 11.5 Å². The number of alkyl halides is 3. The number of aromatic nitrogens is 3. The summed E-state index contributed by atoms with van der Waals surface area (Å²) in [6, 6.07) is 8.81. The van der Waals surface area contributed by atoms with Crippen LogP contribution in [-0.4, -0.2) is 61.3 Å². The number of amides is 2. The van der Waals surface area contributed by atoms with E-state index in [4.69, 9.17) is 9.47 Å². The van der Waals surface area contributed by atoms with E-state index >= 15 is 4.39 Å². The van der Waals surface area contributed by atoms with E-state index in [9.17, 15) is 27.2 Å². The van der Waals surface area contributed by atoms with Crippen LogP contribution in [0.4, 0.5) is 39.0 Å². The summed E-state index contributed by atoms with van der Waals surface area (Å²) >= 11 is 0. The van der Waals surface area contributed by atoms with Crippen LogP contribution in [0, 0.1) is 11.6 Å². The van der Waals surface area contributed by atoms with Gasteiger partial charge in [0.2, 0.25) is 12.3 Å². The van der Waals surface area contributed by atoms with Gasteiger partial charge in [-0.1, -0.05) is 0 Å². The lowest BCUT2D eigenvalue weighted by molar-refractivity contribution is -0.137. The minimum Gasteiger partial charge on any atom is -0.493 e. The highest BCUT2D eigenvalue weighted by atomic mass is 19.4. The van der Waals surface area contributed by atoms with E-state index < -0.39 is 35.8 Å². The average molecular weight is 645 g/mol. The number of rotatable bonds is 12. The maximum absolute atomic E-state index is 15.6. The Morgan fingerprint density at radius 1 is 1.09 bits per heavy atom. The highest BCUT2D eigenvalue weighted by Gasteiger charge is 2.38. The van der Waals surface area contributed by atoms with Crippen molar-refractivity contribution in [1.29, 1.82) is 0 Å². The van der Waals surface area contributed by atoms with Gasteiger partial charge in [-0.15, -0.1) is 10.2 Å². The number of likely N-dealkylation sites (N-methyl/N-ethyl adjacent to an activating group) is 2. The fourth-order valence-electron chi connectivity index (χ4n) is 4.90. The van der Waals surface area contributed by atoms with Gasteiger partial charge in [0, 0.05) is 31.4 Å². The molecule has 0 aliphatic heterocycles. The molecule has 1 heterocycles. The van der Waals surface area contributed by atoms with Gasteiger partial charge >= 0.3 is 6.18 Å². The van der Waals surface area contributed by atoms with Gasteiger partial charge in [-0.25, -0.2) is 8.78 Å². The Morgan fingerprint density at radius 2 is 1.80 bits per heavy atom. The third kappa shape index (κ3) is 6.87. The second-order valence-electron chi connectivity index (χ2n) is 10.6. The van der Waals surface area contributed by atoms with Crippen molar-refractivity contribution in [2.24, 2.45) is 0 Å². The van der Waals surface area contributed by atoms with Crippen molar-refractivity contribution in [2.45, 2.75) is 31.7 Å². The molecule has 1 saturated carbocycles. The molecule has 242 valence electrons. The Kier molecular flexibility index (Phi) is 9.12. The molecule has 0 atom stereocenters. The molecule has 0 spiro atoms. The molecule has 1 aromatic heterocycles. The number of carbonyl (C=O) groups excluding carboxylic acids is 2. The molecular formula is C31H29F5N6O4. The molecule has 1 aliphatic carbocycles. The molecular weight excluding hydrogens is 615 g/mol. The van der Waals surface area contributed by atoms with Crippen molar-refractivity contribution in [1.82, 2.24) is 15.2 Å². The number of nitrogens with one attached hydrogen (secondary N) is 1. The monoisotopic (exact) mass is 644 g/mol. The molecule has 1 N–H and O–H groups in total. The fraction of sp³-hybridized carbons (Fsp3) is 0.290. The van der Waals surface area contributed by atoms with Crippen LogP contribution in [0.2, 0.25) is 0 Å². The minimum absolute atomic E-state index is 0.0284. The van der Waals surface area contributed by atoms with Crippen molar-refractivity contribution < 1.29 is 41.0 Å². The highest BCUT2D eigenvalue weighted by molar-refractivity contribution is 6.00. The number of halogens is 5. The number of methoxy groups -OCH3 is 1. The summed E-state index contributed by atoms with van der Waals surface area (Å²) in [5.74, 6) is -2.09. The summed E-state index contributed by atoms with van der Waals surface area (Å²) in [5.41, 5.74) is -0.894. The minimum atomic E-state index is -4.84. The second-order valence-corrected chi connectivity index (χ2v) is 10.6. The predicted molar refractivity (Wildman–Crippen MR) is 159 cm³/mol. The van der Waals surface area contributed by atoms with E-state index in [1.54, 1.807) is 0 Å². The zero-order valence-electron chi connectivity index (χ0n) is 24.9. The van der Waals surface area contributed by atoms with Crippen LogP contribution in [0.15, 0.2) is 54.9 Å². The van der Waals surface area contributed by atoms with Crippen LogP contribution < -0.4 is 24.2 Å². The normalized spacial score (nSPS) is 12.9. The topological polar surface area (TPSA) is 104 Å². The summed E-state index contributed by atoms with van der Waals surface area (Å²) in [4.78, 5) is 32.2. The van der Waals surface area contributed by atoms with E-state index in [1.807, 2.05) is 0 Å². The number of benzene rings is 3. The van der Waals surface area contributed by atoms with Gasteiger partial charge in [-0.05, 0) is 66.9 Å². The Bertz CT molecular complexity index is 1710. The number of ether oxygens (including phenoxy) is 2. The zero-order valence-corrected chi connectivity index (χ0v) is 24.9. The van der Waals surface area contributed by atoms with Crippen molar-refractivity contribution >= 4 is 29.4 Å². The van der Waals surface area contributed by atoms with Gasteiger partial charge < -0.3 is 29.2 Å². The standard InChI is InChI=1S/C31H29F5N6O4/c1-40(14-28(44)41(2)21-6-4-20(32)5-7-21)25-13-19(31(34,35)36)12-23(29(25)42(17-43)22-8-9-22)18-10-24(33)30(26(11-18)45-3)46-15-27-37-16-38-39-27/h4-7,10-13,16-17,22H,8-9,14-15H2,1-3H3,(H,37,38,39). The van der Waals surface area contributed by atoms with Crippen molar-refractivity contribution in [3.05, 3.63) is 77.9 Å². The first-order valence-corrected chi connectivity index (χ1v) is 14.0. The third-order valence-electron chi connectivity index (χ3n) is 7.46. The van der Waals surface area contributed by atoms with Crippen LogP contribution in [0.25, 0.3) is 11.1 Å². The Balaban J connectivity index is 1.61. The number of anilines is 3. The molecule has 4 aromatic rings. The van der Waals surface area contributed by atoms with Gasteiger partial charge in [0.1, 0.15) is 18.8 Å². The average Bonchev–Trinajstić information content (AvgIpc) is 3.72. The smallest absolute Gasteiger partial charge is 0.416 e. The van der Waals surface area contributed by atoms with Crippen LogP contribution >= 0.6 is 0 Å². The van der Waals surface area contributed by atoms with Crippen LogP contribution in [0.1, 0.15) is 24.2 Å². The molecule has 2 amide bonds. The highest BCUT2D eigenvalue weighted by Crippen LogP contribution is 2.48. The third-order valence-corrected chi connectivity index (χ3v) is 7.46. The molecule has 0 unspecified atom stereocenters. The molecule has 0 saturated heterocycles. The van der Waals surface area contributed by atoms with Crippen molar-refractivity contribution in [3.63, 3.8) is 0 Å². The summed E-state index contributed by atoms with van der Waals surface area (Å²) in [5, 5.41) is 7.40. The molecule has 1 aliphatic rings. The molecule has 1 fully saturated rings. The molecule has 46 heavy (non-hydrogen) atoms. The van der Waals surface area contributed by atoms with E-state index in [-0.39, 0.29) is 46.6 Å². The molecule has 15 heteroatoms. The zero-order chi connectivity index (χ0) is 33.2. The summed E-state index contributed by atoms with van der Waals surface area (Å²) in [6.45, 7) is -0.609. The van der Waals surface area contributed by atoms with Gasteiger partial charge in [-0.2, -0.15) is 13.2 Å². The summed E-state index contributed by atoms with van der Waals surface area (Å²) in [6.07, 6.45) is -1.82. The first-order chi connectivity index (χ1) is 21.9. The maximum atomic E-state index is 15.6. The summed E-state index contributed by atoms with van der Waals surface area (Å²) in [7, 11) is 4.11. The second kappa shape index (κ2) is 13.0. The SMILES string of the molecule is COc1cc(-c2cc(C(F)(F)F)cc(N(C)CC(=O)N(C)c3ccc(F)cc3)c2N(C=O)C2CC2)cc(F)c1OCc1nnc[nH]1. The first kappa shape index (κ1) is 32.2. The Labute approximate surface area is 260 Å². The largest absolute Gasteiger partial charge is 0.493 e. The molecule has 5 rings (SSSR count). The lowest BCUT2D eigenvalue weighted by Crippen LogP contribution is -2.38. The number of carbonyl (C=O) groups is 2. The van der Waals surface area contributed by atoms with Crippen molar-refractivity contribution in [3.8, 4) is 22.6 Å². The molecule has 3 aromatic carbocycles. The lowest BCUT2D eigenvalue weighted by atomic mass is 9.97. The quantitative estimate of drug-likeness (QED) is 0.159. The number of hydrogen-bond donors (Lipinski definition) is 1. The maximum Gasteiger partial charge on any atom is 0.416 e. The molecule has 0 radical (unpaired) electrons. The Morgan fingerprint density at radius 3 is 2.39 bits per heavy atom. The van der Waals surface area contributed by atoms with Crippen LogP contribution in [0.3, 0.4) is 0 Å². The predicted octanol–water partition coefficient (Wildman–Crippen LogP) is 5.58.